The number of alkyl halides is 2. The normalized spacial score (nSPS) is 13.0. The van der Waals surface area contributed by atoms with Crippen molar-refractivity contribution in [1.82, 2.24) is 0 Å². The summed E-state index contributed by atoms with van der Waals surface area (Å²) in [5, 5.41) is -4.76. The fourth-order valence-corrected chi connectivity index (χ4v) is 1.81. The van der Waals surface area contributed by atoms with Crippen molar-refractivity contribution in [3.63, 3.8) is 0 Å². The number of rotatable bonds is 6. The summed E-state index contributed by atoms with van der Waals surface area (Å²) in [4.78, 5) is 23.0. The number of carbonyl (C=O) groups excluding carboxylic acids is 2. The van der Waals surface area contributed by atoms with Crippen molar-refractivity contribution in [2.75, 3.05) is 0 Å². The number of esters is 2. The molecule has 0 bridgehead atoms. The summed E-state index contributed by atoms with van der Waals surface area (Å²) >= 11 is 0. The number of hydrogen-bond acceptors (Lipinski definition) is 7. The van der Waals surface area contributed by atoms with Gasteiger partial charge in [-0.05, 0) is 38.1 Å². The van der Waals surface area contributed by atoms with Crippen LogP contribution < -0.4 is 4.74 Å². The Morgan fingerprint density at radius 2 is 1.75 bits per heavy atom. The Labute approximate surface area is 136 Å². The van der Waals surface area contributed by atoms with Crippen molar-refractivity contribution >= 4 is 22.1 Å². The zero-order valence-corrected chi connectivity index (χ0v) is 13.4. The molecule has 24 heavy (non-hydrogen) atoms. The van der Waals surface area contributed by atoms with Crippen LogP contribution in [0.4, 0.5) is 8.78 Å². The summed E-state index contributed by atoms with van der Waals surface area (Å²) in [6.45, 7) is 5.39. The van der Waals surface area contributed by atoms with E-state index in [0.29, 0.717) is 6.92 Å². The summed E-state index contributed by atoms with van der Waals surface area (Å²) in [6.07, 6.45) is -2.48. The lowest BCUT2D eigenvalue weighted by Gasteiger charge is -2.25. The molecule has 0 spiro atoms. The van der Waals surface area contributed by atoms with E-state index in [4.69, 9.17) is 4.74 Å². The van der Waals surface area contributed by atoms with E-state index in [9.17, 15) is 31.3 Å². The largest absolute Gasteiger partial charge is 0.743 e. The van der Waals surface area contributed by atoms with E-state index in [1.807, 2.05) is 0 Å². The standard InChI is InChI=1S/C14H14F2O7S/c1-8(2)12(17)23-11-6-4-10(5-7-11)13(18)22-9(3)14(15,16)24(19,20)21/h4-7,9H,1H2,2-3H3,(H,19,20,21)/p-1. The lowest BCUT2D eigenvalue weighted by atomic mass is 10.2. The Morgan fingerprint density at radius 1 is 1.25 bits per heavy atom. The van der Waals surface area contributed by atoms with Crippen LogP contribution in [0, 0.1) is 0 Å². The van der Waals surface area contributed by atoms with Crippen LogP contribution in [0.3, 0.4) is 0 Å². The molecule has 0 aromatic heterocycles. The van der Waals surface area contributed by atoms with Gasteiger partial charge < -0.3 is 14.0 Å². The average Bonchev–Trinajstić information content (AvgIpc) is 2.46. The molecule has 0 aliphatic rings. The number of benzene rings is 1. The Balaban J connectivity index is 2.83. The van der Waals surface area contributed by atoms with Crippen LogP contribution >= 0.6 is 0 Å². The van der Waals surface area contributed by atoms with Crippen molar-refractivity contribution in [3.8, 4) is 5.75 Å². The maximum Gasteiger partial charge on any atom is 0.370 e. The molecule has 10 heteroatoms. The minimum Gasteiger partial charge on any atom is -0.743 e. The van der Waals surface area contributed by atoms with Crippen LogP contribution in [0.2, 0.25) is 0 Å². The van der Waals surface area contributed by atoms with Gasteiger partial charge in [-0.15, -0.1) is 0 Å². The molecule has 1 aromatic carbocycles. The lowest BCUT2D eigenvalue weighted by molar-refractivity contribution is -0.130. The first-order chi connectivity index (χ1) is 10.9. The predicted octanol–water partition coefficient (Wildman–Crippen LogP) is 1.85. The van der Waals surface area contributed by atoms with Crippen LogP contribution in [-0.4, -0.2) is 36.3 Å². The predicted molar refractivity (Wildman–Crippen MR) is 76.4 cm³/mol. The van der Waals surface area contributed by atoms with Gasteiger partial charge in [0.2, 0.25) is 0 Å². The van der Waals surface area contributed by atoms with Gasteiger partial charge >= 0.3 is 17.2 Å². The molecular weight excluding hydrogens is 350 g/mol. The first kappa shape index (κ1) is 19.7. The van der Waals surface area contributed by atoms with E-state index in [2.05, 4.69) is 11.3 Å². The third-order valence-corrected chi connectivity index (χ3v) is 3.74. The molecule has 0 aliphatic heterocycles. The van der Waals surface area contributed by atoms with E-state index in [1.165, 1.54) is 19.1 Å². The van der Waals surface area contributed by atoms with Gasteiger partial charge in [-0.25, -0.2) is 18.0 Å². The second-order valence-electron chi connectivity index (χ2n) is 4.76. The second kappa shape index (κ2) is 7.05. The van der Waals surface area contributed by atoms with E-state index in [1.54, 1.807) is 0 Å². The molecule has 0 saturated carbocycles. The van der Waals surface area contributed by atoms with Gasteiger partial charge in [0.05, 0.1) is 5.56 Å². The highest BCUT2D eigenvalue weighted by molar-refractivity contribution is 7.86. The molecule has 0 radical (unpaired) electrons. The highest BCUT2D eigenvalue weighted by Crippen LogP contribution is 2.27. The molecule has 1 atom stereocenters. The molecule has 0 heterocycles. The molecule has 0 N–H and O–H groups in total. The van der Waals surface area contributed by atoms with Gasteiger partial charge in [0.1, 0.15) is 5.75 Å². The molecule has 7 nitrogen and oxygen atoms in total. The van der Waals surface area contributed by atoms with E-state index >= 15 is 0 Å². The van der Waals surface area contributed by atoms with Crippen LogP contribution in [0.5, 0.6) is 5.75 Å². The smallest absolute Gasteiger partial charge is 0.370 e. The third-order valence-electron chi connectivity index (χ3n) is 2.74. The molecule has 132 valence electrons. The second-order valence-corrected chi connectivity index (χ2v) is 6.21. The zero-order valence-electron chi connectivity index (χ0n) is 12.6. The highest BCUT2D eigenvalue weighted by Gasteiger charge is 2.46. The van der Waals surface area contributed by atoms with E-state index in [-0.39, 0.29) is 16.9 Å². The Kier molecular flexibility index (Phi) is 5.80. The maximum atomic E-state index is 13.2. The number of hydrogen-bond donors (Lipinski definition) is 0. The lowest BCUT2D eigenvalue weighted by Crippen LogP contribution is -2.42. The summed E-state index contributed by atoms with van der Waals surface area (Å²) in [5.41, 5.74) is -0.0653. The quantitative estimate of drug-likeness (QED) is 0.328. The fourth-order valence-electron chi connectivity index (χ4n) is 1.35. The molecule has 1 aromatic rings. The van der Waals surface area contributed by atoms with Crippen molar-refractivity contribution in [1.29, 1.82) is 0 Å². The van der Waals surface area contributed by atoms with Crippen LogP contribution in [0.15, 0.2) is 36.4 Å². The topological polar surface area (TPSA) is 110 Å². The number of halogens is 2. The first-order valence-corrected chi connectivity index (χ1v) is 7.79. The Hall–Kier alpha value is -2.33. The number of ether oxygens (including phenoxy) is 2. The maximum absolute atomic E-state index is 13.2. The van der Waals surface area contributed by atoms with Gasteiger partial charge in [-0.3, -0.25) is 0 Å². The molecule has 0 aliphatic carbocycles. The SMILES string of the molecule is C=C(C)C(=O)Oc1ccc(C(=O)OC(C)C(F)(F)S(=O)(=O)[O-])cc1. The van der Waals surface area contributed by atoms with Crippen LogP contribution in [0.1, 0.15) is 24.2 Å². The fraction of sp³-hybridized carbons (Fsp3) is 0.286. The Morgan fingerprint density at radius 3 is 2.17 bits per heavy atom. The summed E-state index contributed by atoms with van der Waals surface area (Å²) in [7, 11) is -5.98. The minimum absolute atomic E-state index is 0.0695. The molecule has 0 amide bonds. The van der Waals surface area contributed by atoms with Crippen LogP contribution in [0.25, 0.3) is 0 Å². The Bertz CT molecular complexity index is 754. The highest BCUT2D eigenvalue weighted by atomic mass is 32.2. The van der Waals surface area contributed by atoms with Gasteiger partial charge in [0.15, 0.2) is 16.2 Å². The summed E-state index contributed by atoms with van der Waals surface area (Å²) in [6, 6.07) is 4.62. The van der Waals surface area contributed by atoms with Gasteiger partial charge in [0.25, 0.3) is 0 Å². The summed E-state index contributed by atoms with van der Waals surface area (Å²) < 4.78 is 67.0. The van der Waals surface area contributed by atoms with Gasteiger partial charge in [0, 0.05) is 5.57 Å². The molecule has 0 saturated heterocycles. The molecular formula is C14H13F2O7S-. The third kappa shape index (κ3) is 4.59. The zero-order chi connectivity index (χ0) is 18.7. The minimum atomic E-state index is -5.98. The van der Waals surface area contributed by atoms with E-state index in [0.717, 1.165) is 12.1 Å². The van der Waals surface area contributed by atoms with Crippen molar-refractivity contribution in [3.05, 3.63) is 42.0 Å². The molecule has 1 unspecified atom stereocenters. The van der Waals surface area contributed by atoms with E-state index < -0.39 is 33.4 Å². The molecule has 0 fully saturated rings. The first-order valence-electron chi connectivity index (χ1n) is 6.38. The van der Waals surface area contributed by atoms with Gasteiger partial charge in [-0.1, -0.05) is 6.58 Å². The summed E-state index contributed by atoms with van der Waals surface area (Å²) in [5.74, 6) is -1.90. The van der Waals surface area contributed by atoms with Crippen LogP contribution in [-0.2, 0) is 19.6 Å². The van der Waals surface area contributed by atoms with Crippen molar-refractivity contribution in [2.24, 2.45) is 0 Å². The average molecular weight is 363 g/mol. The molecule has 1 rings (SSSR count). The van der Waals surface area contributed by atoms with Gasteiger partial charge in [-0.2, -0.15) is 8.78 Å². The van der Waals surface area contributed by atoms with Crippen molar-refractivity contribution in [2.45, 2.75) is 25.2 Å². The van der Waals surface area contributed by atoms with Crippen molar-refractivity contribution < 1.29 is 40.8 Å². The monoisotopic (exact) mass is 363 g/mol. The number of carbonyl (C=O) groups is 2.